The summed E-state index contributed by atoms with van der Waals surface area (Å²) in [6, 6.07) is 38.2. The number of ether oxygens (including phenoxy) is 2. The predicted octanol–water partition coefficient (Wildman–Crippen LogP) is 10.7. The van der Waals surface area contributed by atoms with Crippen molar-refractivity contribution in [2.45, 2.75) is 53.4 Å². The summed E-state index contributed by atoms with van der Waals surface area (Å²) in [6.07, 6.45) is 6.58. The van der Waals surface area contributed by atoms with Gasteiger partial charge in [-0.3, -0.25) is 0 Å². The minimum absolute atomic E-state index is 0. The van der Waals surface area contributed by atoms with Gasteiger partial charge in [0.15, 0.2) is 0 Å². The number of fused-ring (bicyclic) bond motifs is 3. The van der Waals surface area contributed by atoms with E-state index >= 15 is 0 Å². The Labute approximate surface area is 350 Å². The van der Waals surface area contributed by atoms with Gasteiger partial charge in [0.25, 0.3) is 0 Å². The minimum atomic E-state index is 0. The molecular weight excluding hydrogens is 1050 g/mol. The van der Waals surface area contributed by atoms with Crippen LogP contribution in [0.25, 0.3) is 50.3 Å². The Hall–Kier alpha value is -5.03. The van der Waals surface area contributed by atoms with Crippen molar-refractivity contribution < 1.29 is 51.6 Å². The average Bonchev–Trinajstić information content (AvgIpc) is 3.47. The number of nitrogens with zero attached hydrogens (tertiary/aromatic N) is 6. The zero-order chi connectivity index (χ0) is 36.6. The van der Waals surface area contributed by atoms with Crippen LogP contribution in [0.15, 0.2) is 97.8 Å². The number of aromatic nitrogens is 6. The third-order valence-electron chi connectivity index (χ3n) is 9.14. The Balaban J connectivity index is 0.00000257. The van der Waals surface area contributed by atoms with Gasteiger partial charge in [-0.05, 0) is 37.4 Å². The number of benzene rings is 4. The molecule has 0 radical (unpaired) electrons. The molecule has 0 aliphatic carbocycles. The van der Waals surface area contributed by atoms with Crippen molar-refractivity contribution in [3.05, 3.63) is 144 Å². The Bertz CT molecular complexity index is 2460. The summed E-state index contributed by atoms with van der Waals surface area (Å²) in [5.41, 5.74) is 9.15. The summed E-state index contributed by atoms with van der Waals surface area (Å²) in [7, 11) is 0. The third kappa shape index (κ3) is 8.17. The van der Waals surface area contributed by atoms with Crippen molar-refractivity contribution in [3.8, 4) is 51.5 Å². The molecule has 0 N–H and O–H groups in total. The van der Waals surface area contributed by atoms with Gasteiger partial charge in [0, 0.05) is 35.4 Å². The first-order valence-electron chi connectivity index (χ1n) is 17.6. The van der Waals surface area contributed by atoms with Crippen molar-refractivity contribution in [1.29, 1.82) is 0 Å². The van der Waals surface area contributed by atoms with Crippen LogP contribution >= 0.6 is 0 Å². The molecule has 0 aliphatic heterocycles. The fourth-order valence-corrected chi connectivity index (χ4v) is 6.43. The van der Waals surface area contributed by atoms with E-state index in [4.69, 9.17) is 9.47 Å². The van der Waals surface area contributed by atoms with Crippen LogP contribution in [0.4, 0.5) is 0 Å². The van der Waals surface area contributed by atoms with E-state index in [-0.39, 0.29) is 54.0 Å². The van der Waals surface area contributed by atoms with Crippen LogP contribution in [0.5, 0.6) is 23.0 Å². The Morgan fingerprint density at radius 1 is 0.545 bits per heavy atom. The molecule has 0 saturated heterocycles. The molecular formula is C45H36N6O2Pt2. The van der Waals surface area contributed by atoms with E-state index in [1.54, 1.807) is 0 Å². The molecule has 4 aromatic heterocycles. The monoisotopic (exact) mass is 1080 g/mol. The van der Waals surface area contributed by atoms with Gasteiger partial charge in [0.1, 0.15) is 12.7 Å². The van der Waals surface area contributed by atoms with Gasteiger partial charge in [-0.1, -0.05) is 97.1 Å². The Morgan fingerprint density at radius 2 is 1.00 bits per heavy atom. The first-order valence-corrected chi connectivity index (χ1v) is 17.6. The molecule has 0 bridgehead atoms. The molecule has 278 valence electrons. The van der Waals surface area contributed by atoms with E-state index < -0.39 is 0 Å². The van der Waals surface area contributed by atoms with Gasteiger partial charge in [-0.15, -0.1) is 59.7 Å². The van der Waals surface area contributed by atoms with Crippen LogP contribution < -0.4 is 9.47 Å². The molecule has 55 heavy (non-hydrogen) atoms. The van der Waals surface area contributed by atoms with Gasteiger partial charge in [0.05, 0.1) is 0 Å². The second-order valence-electron chi connectivity index (χ2n) is 13.7. The van der Waals surface area contributed by atoms with Crippen molar-refractivity contribution >= 4 is 21.8 Å². The van der Waals surface area contributed by atoms with Crippen LogP contribution in [0.3, 0.4) is 0 Å². The number of pyridine rings is 2. The summed E-state index contributed by atoms with van der Waals surface area (Å²) in [5, 5.41) is 1.87. The number of aryl methyl sites for hydroxylation is 2. The standard InChI is InChI=1S/C45H36N6O2.2Pt/c1-27(2)35-11-7-31(39-19-29(5)15-17-47-39)21-43(35)52-33-9-13-37-38-14-10-34(24-42(38)51(41(37)23-33)45-49-25-46-26-50-45)53-44-22-32(8-12-36(44)28(3)4)40-20-30(6)16-18-48-40;;/h7-20,25-28H,1-6H3;;/q-4;2*+2. The van der Waals surface area contributed by atoms with E-state index in [0.717, 1.165) is 66.6 Å². The van der Waals surface area contributed by atoms with E-state index in [1.807, 2.05) is 77.6 Å². The second kappa shape index (κ2) is 16.8. The van der Waals surface area contributed by atoms with E-state index in [1.165, 1.54) is 12.7 Å². The van der Waals surface area contributed by atoms with Crippen LogP contribution in [0.2, 0.25) is 0 Å². The molecule has 0 fully saturated rings. The first-order chi connectivity index (χ1) is 25.7. The summed E-state index contributed by atoms with van der Waals surface area (Å²) in [5.74, 6) is 3.14. The molecule has 10 heteroatoms. The van der Waals surface area contributed by atoms with Crippen LogP contribution in [0, 0.1) is 38.1 Å². The summed E-state index contributed by atoms with van der Waals surface area (Å²) < 4.78 is 15.1. The topological polar surface area (TPSA) is 87.8 Å². The SMILES string of the molecule is Cc1ccnc(-c2[c-]c(Oc3[c-]c4c(cc3)c3ccc(Oc5[c-]c(-c6cc(C)ccn6)ccc5C(C)C)[c-]c3n4-c3ncncn3)c(C(C)C)cc2)c1.[Pt+2].[Pt+2]. The fraction of sp³-hybridized carbons (Fsp3) is 0.178. The average molecular weight is 1080 g/mol. The van der Waals surface area contributed by atoms with Crippen molar-refractivity contribution in [1.82, 2.24) is 29.5 Å². The molecule has 4 aromatic carbocycles. The van der Waals surface area contributed by atoms with Gasteiger partial charge >= 0.3 is 42.1 Å². The summed E-state index contributed by atoms with van der Waals surface area (Å²) >= 11 is 0. The van der Waals surface area contributed by atoms with Crippen molar-refractivity contribution in [2.75, 3.05) is 0 Å². The van der Waals surface area contributed by atoms with E-state index in [9.17, 15) is 0 Å². The first kappa shape index (κ1) is 39.7. The van der Waals surface area contributed by atoms with Gasteiger partial charge < -0.3 is 24.0 Å². The molecule has 0 atom stereocenters. The number of rotatable bonds is 9. The minimum Gasteiger partial charge on any atom is -0.503 e. The van der Waals surface area contributed by atoms with Gasteiger partial charge in [-0.2, -0.15) is 22.9 Å². The second-order valence-corrected chi connectivity index (χ2v) is 13.7. The smallest absolute Gasteiger partial charge is 0.503 e. The fourth-order valence-electron chi connectivity index (χ4n) is 6.43. The number of hydrogen-bond acceptors (Lipinski definition) is 7. The molecule has 0 unspecified atom stereocenters. The number of hydrogen-bond donors (Lipinski definition) is 0. The summed E-state index contributed by atoms with van der Waals surface area (Å²) in [6.45, 7) is 12.7. The normalized spacial score (nSPS) is 11.1. The zero-order valence-electron chi connectivity index (χ0n) is 31.0. The third-order valence-corrected chi connectivity index (χ3v) is 9.14. The Kier molecular flexibility index (Phi) is 12.1. The molecule has 8 aromatic rings. The quantitative estimate of drug-likeness (QED) is 0.133. The maximum absolute atomic E-state index is 6.60. The molecule has 0 amide bonds. The van der Waals surface area contributed by atoms with Gasteiger partial charge in [0.2, 0.25) is 5.95 Å². The molecule has 0 spiro atoms. The van der Waals surface area contributed by atoms with Gasteiger partial charge in [-0.25, -0.2) is 15.0 Å². The van der Waals surface area contributed by atoms with Crippen LogP contribution in [0.1, 0.15) is 61.8 Å². The summed E-state index contributed by atoms with van der Waals surface area (Å²) in [4.78, 5) is 22.3. The van der Waals surface area contributed by atoms with E-state index in [2.05, 4.69) is 103 Å². The molecule has 8 rings (SSSR count). The van der Waals surface area contributed by atoms with Crippen LogP contribution in [-0.2, 0) is 42.1 Å². The molecule has 4 heterocycles. The molecule has 0 saturated carbocycles. The van der Waals surface area contributed by atoms with E-state index in [0.29, 0.717) is 28.9 Å². The maximum atomic E-state index is 6.60. The molecule has 8 nitrogen and oxygen atoms in total. The molecule has 0 aliphatic rings. The van der Waals surface area contributed by atoms with Crippen LogP contribution in [-0.4, -0.2) is 29.5 Å². The van der Waals surface area contributed by atoms with Crippen molar-refractivity contribution in [3.63, 3.8) is 0 Å². The zero-order valence-corrected chi connectivity index (χ0v) is 35.6. The predicted molar refractivity (Wildman–Crippen MR) is 207 cm³/mol. The largest absolute Gasteiger partial charge is 2.00 e. The van der Waals surface area contributed by atoms with Crippen molar-refractivity contribution in [2.24, 2.45) is 0 Å². The maximum Gasteiger partial charge on any atom is 2.00 e. The Morgan fingerprint density at radius 3 is 1.42 bits per heavy atom.